The summed E-state index contributed by atoms with van der Waals surface area (Å²) < 4.78 is 0. The lowest BCUT2D eigenvalue weighted by Crippen LogP contribution is -2.30. The third kappa shape index (κ3) is 2.49. The summed E-state index contributed by atoms with van der Waals surface area (Å²) in [4.78, 5) is 26.6. The van der Waals surface area contributed by atoms with Crippen molar-refractivity contribution in [2.24, 2.45) is 5.92 Å². The number of amides is 1. The van der Waals surface area contributed by atoms with Crippen LogP contribution in [0.4, 0.5) is 0 Å². The van der Waals surface area contributed by atoms with Gasteiger partial charge in [-0.3, -0.25) is 14.4 Å². The van der Waals surface area contributed by atoms with Crippen LogP contribution in [-0.4, -0.2) is 23.4 Å². The second-order valence-electron chi connectivity index (χ2n) is 2.48. The Hall–Kier alpha value is -0.550. The minimum atomic E-state index is -0.200. The predicted molar refractivity (Wildman–Crippen MR) is 45.3 cm³/mol. The summed E-state index contributed by atoms with van der Waals surface area (Å²) in [5.41, 5.74) is 2.29. The molecule has 1 saturated heterocycles. The quantitative estimate of drug-likeness (QED) is 0.650. The first-order chi connectivity index (χ1) is 5.74. The van der Waals surface area contributed by atoms with Crippen LogP contribution in [0, 0.1) is 5.92 Å². The molecule has 5 heteroatoms. The zero-order chi connectivity index (χ0) is 8.97. The van der Waals surface area contributed by atoms with Gasteiger partial charge in [-0.25, -0.2) is 5.48 Å². The number of carbonyl (C=O) groups excluding carboxylic acids is 2. The molecule has 0 radical (unpaired) electrons. The van der Waals surface area contributed by atoms with Crippen LogP contribution >= 0.6 is 11.8 Å². The number of carbonyl (C=O) groups is 2. The number of rotatable bonds is 3. The fraction of sp³-hybridized carbons (Fsp3) is 0.714. The van der Waals surface area contributed by atoms with Gasteiger partial charge in [-0.05, 0) is 6.92 Å². The molecule has 1 aliphatic heterocycles. The van der Waals surface area contributed by atoms with E-state index in [2.05, 4.69) is 5.48 Å². The zero-order valence-electron chi connectivity index (χ0n) is 6.83. The van der Waals surface area contributed by atoms with Crippen LogP contribution in [0.15, 0.2) is 0 Å². The van der Waals surface area contributed by atoms with Gasteiger partial charge in [0.1, 0.15) is 0 Å². The van der Waals surface area contributed by atoms with Gasteiger partial charge in [0.2, 0.25) is 5.91 Å². The van der Waals surface area contributed by atoms with Gasteiger partial charge in [-0.2, -0.15) is 0 Å². The molecular formula is C7H11NO3S. The Morgan fingerprint density at radius 2 is 2.58 bits per heavy atom. The maximum absolute atomic E-state index is 11.1. The summed E-state index contributed by atoms with van der Waals surface area (Å²) in [7, 11) is 0. The molecule has 0 saturated carbocycles. The summed E-state index contributed by atoms with van der Waals surface area (Å²) in [5.74, 6) is 0.196. The van der Waals surface area contributed by atoms with Crippen molar-refractivity contribution < 1.29 is 14.4 Å². The van der Waals surface area contributed by atoms with Crippen molar-refractivity contribution in [3.8, 4) is 0 Å². The van der Waals surface area contributed by atoms with Crippen LogP contribution in [0.25, 0.3) is 0 Å². The third-order valence-corrected chi connectivity index (χ3v) is 2.60. The Morgan fingerprint density at radius 3 is 3.08 bits per heavy atom. The summed E-state index contributed by atoms with van der Waals surface area (Å²) >= 11 is 1.21. The molecule has 1 heterocycles. The van der Waals surface area contributed by atoms with Gasteiger partial charge in [-0.1, -0.05) is 11.8 Å². The summed E-state index contributed by atoms with van der Waals surface area (Å²) in [5, 5.41) is 0.0895. The largest absolute Gasteiger partial charge is 0.287 e. The minimum Gasteiger partial charge on any atom is -0.287 e. The van der Waals surface area contributed by atoms with Gasteiger partial charge >= 0.3 is 0 Å². The van der Waals surface area contributed by atoms with Crippen LogP contribution in [0.2, 0.25) is 0 Å². The number of hydrogen-bond acceptors (Lipinski definition) is 4. The molecule has 4 nitrogen and oxygen atoms in total. The molecule has 1 unspecified atom stereocenters. The van der Waals surface area contributed by atoms with Gasteiger partial charge in [0, 0.05) is 12.2 Å². The molecule has 0 spiro atoms. The Bertz CT molecular complexity index is 195. The Morgan fingerprint density at radius 1 is 1.83 bits per heavy atom. The van der Waals surface area contributed by atoms with Gasteiger partial charge < -0.3 is 0 Å². The van der Waals surface area contributed by atoms with Crippen molar-refractivity contribution in [1.29, 1.82) is 0 Å². The topological polar surface area (TPSA) is 55.4 Å². The van der Waals surface area contributed by atoms with E-state index in [1.54, 1.807) is 6.92 Å². The van der Waals surface area contributed by atoms with Gasteiger partial charge in [0.05, 0.1) is 12.5 Å². The highest BCUT2D eigenvalue weighted by Gasteiger charge is 2.28. The average Bonchev–Trinajstić information content (AvgIpc) is 2.47. The number of hydrogen-bond donors (Lipinski definition) is 1. The maximum atomic E-state index is 11.1. The van der Waals surface area contributed by atoms with E-state index in [-0.39, 0.29) is 16.9 Å². The SMILES string of the molecule is CCONC(=O)C1CSC(=O)C1. The molecule has 0 aromatic carbocycles. The Labute approximate surface area is 75.0 Å². The molecule has 0 bridgehead atoms. The molecule has 12 heavy (non-hydrogen) atoms. The van der Waals surface area contributed by atoms with Crippen molar-refractivity contribution in [2.75, 3.05) is 12.4 Å². The molecule has 1 rings (SSSR count). The average molecular weight is 189 g/mol. The van der Waals surface area contributed by atoms with Gasteiger partial charge in [-0.15, -0.1) is 0 Å². The fourth-order valence-electron chi connectivity index (χ4n) is 0.908. The Balaban J connectivity index is 2.28. The van der Waals surface area contributed by atoms with Crippen molar-refractivity contribution >= 4 is 22.8 Å². The lowest BCUT2D eigenvalue weighted by Gasteiger charge is -2.06. The first kappa shape index (κ1) is 9.54. The normalized spacial score (nSPS) is 22.8. The number of hydroxylamine groups is 1. The monoisotopic (exact) mass is 189 g/mol. The molecule has 1 atom stereocenters. The van der Waals surface area contributed by atoms with Crippen molar-refractivity contribution in [1.82, 2.24) is 5.48 Å². The van der Waals surface area contributed by atoms with Crippen LogP contribution in [0.1, 0.15) is 13.3 Å². The second-order valence-corrected chi connectivity index (χ2v) is 3.56. The lowest BCUT2D eigenvalue weighted by molar-refractivity contribution is -0.137. The highest BCUT2D eigenvalue weighted by Crippen LogP contribution is 2.25. The van der Waals surface area contributed by atoms with Gasteiger partial charge in [0.15, 0.2) is 5.12 Å². The van der Waals surface area contributed by atoms with Crippen molar-refractivity contribution in [3.05, 3.63) is 0 Å². The highest BCUT2D eigenvalue weighted by atomic mass is 32.2. The smallest absolute Gasteiger partial charge is 0.247 e. The van der Waals surface area contributed by atoms with Crippen molar-refractivity contribution in [2.45, 2.75) is 13.3 Å². The lowest BCUT2D eigenvalue weighted by atomic mass is 10.1. The standard InChI is InChI=1S/C7H11NO3S/c1-2-11-8-7(10)5-3-6(9)12-4-5/h5H,2-4H2,1H3,(H,8,10). The predicted octanol–water partition coefficient (Wildman–Crippen LogP) is 0.334. The van der Waals surface area contributed by atoms with E-state index in [1.807, 2.05) is 0 Å². The van der Waals surface area contributed by atoms with E-state index in [4.69, 9.17) is 4.84 Å². The molecule has 1 amide bonds. The summed E-state index contributed by atoms with van der Waals surface area (Å²) in [6.45, 7) is 2.23. The Kier molecular flexibility index (Phi) is 3.55. The molecular weight excluding hydrogens is 178 g/mol. The van der Waals surface area contributed by atoms with Crippen LogP contribution in [0.3, 0.4) is 0 Å². The first-order valence-electron chi connectivity index (χ1n) is 3.81. The van der Waals surface area contributed by atoms with Crippen molar-refractivity contribution in [3.63, 3.8) is 0 Å². The van der Waals surface area contributed by atoms with E-state index in [9.17, 15) is 9.59 Å². The highest BCUT2D eigenvalue weighted by molar-refractivity contribution is 8.14. The van der Waals surface area contributed by atoms with E-state index in [1.165, 1.54) is 11.8 Å². The van der Waals surface area contributed by atoms with Crippen LogP contribution < -0.4 is 5.48 Å². The molecule has 68 valence electrons. The maximum Gasteiger partial charge on any atom is 0.247 e. The molecule has 1 fully saturated rings. The number of thioether (sulfide) groups is 1. The first-order valence-corrected chi connectivity index (χ1v) is 4.80. The molecule has 1 aliphatic rings. The zero-order valence-corrected chi connectivity index (χ0v) is 7.65. The third-order valence-electron chi connectivity index (χ3n) is 1.55. The molecule has 0 aromatic rings. The van der Waals surface area contributed by atoms with E-state index in [0.717, 1.165) is 0 Å². The summed E-state index contributed by atoms with van der Waals surface area (Å²) in [6, 6.07) is 0. The van der Waals surface area contributed by atoms with E-state index < -0.39 is 0 Å². The van der Waals surface area contributed by atoms with Crippen LogP contribution in [0.5, 0.6) is 0 Å². The van der Waals surface area contributed by atoms with Gasteiger partial charge in [0.25, 0.3) is 0 Å². The summed E-state index contributed by atoms with van der Waals surface area (Å²) in [6.07, 6.45) is 0.337. The second kappa shape index (κ2) is 4.47. The van der Waals surface area contributed by atoms with Crippen LogP contribution in [-0.2, 0) is 14.4 Å². The number of nitrogens with one attached hydrogen (secondary N) is 1. The fourth-order valence-corrected chi connectivity index (χ4v) is 1.88. The van der Waals surface area contributed by atoms with E-state index in [0.29, 0.717) is 18.8 Å². The minimum absolute atomic E-state index is 0.0895. The molecule has 1 N–H and O–H groups in total. The molecule has 0 aliphatic carbocycles. The van der Waals surface area contributed by atoms with E-state index >= 15 is 0 Å². The molecule has 0 aromatic heterocycles.